The highest BCUT2D eigenvalue weighted by molar-refractivity contribution is 7.01. The van der Waals surface area contributed by atoms with Gasteiger partial charge in [-0.1, -0.05) is 229 Å². The molecule has 0 spiro atoms. The molecule has 5 saturated carbocycles. The monoisotopic (exact) mass is 1330 g/mol. The van der Waals surface area contributed by atoms with Crippen LogP contribution in [-0.4, -0.2) is 13.4 Å². The standard InChI is InChI=1S/C96H98B2N4/c1-92(2,3)67-38-42-74(43-39-67)99-83-44-40-68(93(4,5)6)55-79(83)98-80-56-69(96-57-61-46-62(58-96)48-63(47-61)59-96)41-45-84(80)101(86-37-25-36-85(99)89(86)98)75-53-70(94(7,8)9)52-71(54-75)95(10,11)60-66-49-81-91(77-33-22-21-32-76(66)77)102(73-30-19-14-20-31-73)88-51-65(64-26-15-12-16-27-64)50-87-90(88)97(81)78-34-23-24-35-82(78)100(87)72-28-17-13-18-29-72/h13-14,17-25,28-45,49-56,61-64H,12,15-16,26-27,46-48,57-60H2,1-11H3. The summed E-state index contributed by atoms with van der Waals surface area (Å²) < 4.78 is 0. The number of hydrogen-bond donors (Lipinski definition) is 0. The Morgan fingerprint density at radius 1 is 0.353 bits per heavy atom. The predicted octanol–water partition coefficient (Wildman–Crippen LogP) is 21.9. The van der Waals surface area contributed by atoms with Crippen molar-refractivity contribution in [3.8, 4) is 0 Å². The van der Waals surface area contributed by atoms with E-state index >= 15 is 0 Å². The van der Waals surface area contributed by atoms with Gasteiger partial charge >= 0.3 is 0 Å². The van der Waals surface area contributed by atoms with Gasteiger partial charge in [-0.25, -0.2) is 0 Å². The van der Waals surface area contributed by atoms with E-state index in [0.29, 0.717) is 5.92 Å². The Hall–Kier alpha value is -8.99. The molecule has 0 saturated heterocycles. The van der Waals surface area contributed by atoms with Gasteiger partial charge < -0.3 is 19.6 Å². The average molecular weight is 1330 g/mol. The number of hydrogen-bond acceptors (Lipinski definition) is 4. The van der Waals surface area contributed by atoms with Gasteiger partial charge in [0.25, 0.3) is 13.4 Å². The van der Waals surface area contributed by atoms with Crippen LogP contribution in [0.5, 0.6) is 0 Å². The van der Waals surface area contributed by atoms with Gasteiger partial charge in [-0.15, -0.1) is 0 Å². The first-order valence-corrected chi connectivity index (χ1v) is 38.9. The smallest absolute Gasteiger partial charge is 0.252 e. The molecule has 0 unspecified atom stereocenters. The van der Waals surface area contributed by atoms with Crippen molar-refractivity contribution in [2.75, 3.05) is 19.6 Å². The van der Waals surface area contributed by atoms with Crippen LogP contribution in [0.4, 0.5) is 68.2 Å². The second-order valence-electron chi connectivity index (χ2n) is 36.3. The molecule has 5 aliphatic carbocycles. The Labute approximate surface area is 608 Å². The van der Waals surface area contributed by atoms with Crippen LogP contribution < -0.4 is 52.4 Å². The summed E-state index contributed by atoms with van der Waals surface area (Å²) in [5.74, 6) is 3.07. The summed E-state index contributed by atoms with van der Waals surface area (Å²) in [7, 11) is 0. The molecule has 11 aromatic carbocycles. The van der Waals surface area contributed by atoms with Crippen molar-refractivity contribution in [1.82, 2.24) is 0 Å². The third-order valence-electron chi connectivity index (χ3n) is 26.1. The highest BCUT2D eigenvalue weighted by Gasteiger charge is 2.53. The zero-order chi connectivity index (χ0) is 69.5. The summed E-state index contributed by atoms with van der Waals surface area (Å²) in [6.45, 7) is 26.6. The van der Waals surface area contributed by atoms with Crippen molar-refractivity contribution in [1.29, 1.82) is 0 Å². The van der Waals surface area contributed by atoms with Gasteiger partial charge in [0.2, 0.25) is 0 Å². The van der Waals surface area contributed by atoms with Crippen LogP contribution in [0.1, 0.15) is 192 Å². The number of rotatable bonds is 9. The molecule has 4 aliphatic heterocycles. The molecule has 0 aromatic heterocycles. The normalized spacial score (nSPS) is 20.3. The fraction of sp³-hybridized carbons (Fsp3) is 0.333. The maximum atomic E-state index is 2.79. The third kappa shape index (κ3) is 10.2. The summed E-state index contributed by atoms with van der Waals surface area (Å²) in [6, 6.07) is 89.5. The van der Waals surface area contributed by atoms with Crippen molar-refractivity contribution < 1.29 is 0 Å². The lowest BCUT2D eigenvalue weighted by Crippen LogP contribution is -2.62. The summed E-state index contributed by atoms with van der Waals surface area (Å²) >= 11 is 0. The van der Waals surface area contributed by atoms with Gasteiger partial charge in [-0.05, 0) is 277 Å². The third-order valence-corrected chi connectivity index (χ3v) is 26.1. The van der Waals surface area contributed by atoms with Crippen molar-refractivity contribution >= 4 is 125 Å². The second kappa shape index (κ2) is 23.3. The van der Waals surface area contributed by atoms with E-state index in [2.05, 4.69) is 320 Å². The maximum absolute atomic E-state index is 2.79. The fourth-order valence-electron chi connectivity index (χ4n) is 21.4. The number of para-hydroxylation sites is 3. The molecule has 9 aliphatic rings. The number of nitrogens with zero attached hydrogens (tertiary/aromatic N) is 4. The van der Waals surface area contributed by atoms with E-state index in [-0.39, 0.29) is 40.5 Å². The molecular formula is C96H98B2N4. The van der Waals surface area contributed by atoms with Crippen LogP contribution in [0.3, 0.4) is 0 Å². The number of benzene rings is 11. The van der Waals surface area contributed by atoms with Crippen LogP contribution in [0, 0.1) is 17.8 Å². The lowest BCUT2D eigenvalue weighted by molar-refractivity contribution is -0.00515. The van der Waals surface area contributed by atoms with E-state index in [4.69, 9.17) is 0 Å². The Morgan fingerprint density at radius 2 is 0.843 bits per heavy atom. The molecule has 0 N–H and O–H groups in total. The molecule has 5 fully saturated rings. The molecule has 4 heterocycles. The van der Waals surface area contributed by atoms with Crippen molar-refractivity contribution in [3.63, 3.8) is 0 Å². The molecule has 102 heavy (non-hydrogen) atoms. The first-order valence-electron chi connectivity index (χ1n) is 38.9. The van der Waals surface area contributed by atoms with Crippen molar-refractivity contribution in [2.45, 2.75) is 186 Å². The molecule has 0 amide bonds. The number of anilines is 12. The average Bonchev–Trinajstić information content (AvgIpc) is 0.669. The Balaban J connectivity index is 0.805. The van der Waals surface area contributed by atoms with Gasteiger partial charge in [0.1, 0.15) is 0 Å². The van der Waals surface area contributed by atoms with E-state index in [1.165, 1.54) is 216 Å². The van der Waals surface area contributed by atoms with Crippen LogP contribution in [0.15, 0.2) is 224 Å². The van der Waals surface area contributed by atoms with Crippen LogP contribution >= 0.6 is 0 Å². The van der Waals surface area contributed by atoms with Gasteiger partial charge in [-0.3, -0.25) is 0 Å². The van der Waals surface area contributed by atoms with Gasteiger partial charge in [0.05, 0.1) is 0 Å². The second-order valence-corrected chi connectivity index (χ2v) is 36.3. The minimum atomic E-state index is -0.328. The van der Waals surface area contributed by atoms with Gasteiger partial charge in [0.15, 0.2) is 0 Å². The number of fused-ring (bicyclic) bond motifs is 10. The minimum absolute atomic E-state index is 0.00197. The lowest BCUT2D eigenvalue weighted by Gasteiger charge is -2.57. The van der Waals surface area contributed by atoms with Gasteiger partial charge in [-0.2, -0.15) is 0 Å². The first-order chi connectivity index (χ1) is 49.1. The van der Waals surface area contributed by atoms with E-state index < -0.39 is 0 Å². The van der Waals surface area contributed by atoms with E-state index in [9.17, 15) is 0 Å². The minimum Gasteiger partial charge on any atom is -0.311 e. The van der Waals surface area contributed by atoms with Gasteiger partial charge in [0, 0.05) is 73.6 Å². The molecule has 0 atom stereocenters. The van der Waals surface area contributed by atoms with E-state index in [1.807, 2.05) is 0 Å². The maximum Gasteiger partial charge on any atom is 0.252 e. The molecule has 4 nitrogen and oxygen atoms in total. The molecule has 6 heteroatoms. The molecule has 508 valence electrons. The first kappa shape index (κ1) is 63.9. The van der Waals surface area contributed by atoms with E-state index in [0.717, 1.165) is 24.2 Å². The zero-order valence-electron chi connectivity index (χ0n) is 62.1. The largest absolute Gasteiger partial charge is 0.311 e. The summed E-state index contributed by atoms with van der Waals surface area (Å²) in [5, 5.41) is 2.64. The van der Waals surface area contributed by atoms with Crippen molar-refractivity contribution in [2.24, 2.45) is 17.8 Å². The molecule has 20 rings (SSSR count). The van der Waals surface area contributed by atoms with Crippen LogP contribution in [0.25, 0.3) is 10.8 Å². The predicted molar refractivity (Wildman–Crippen MR) is 437 cm³/mol. The summed E-state index contributed by atoms with van der Waals surface area (Å²) in [6.07, 6.45) is 15.5. The topological polar surface area (TPSA) is 13.0 Å². The fourth-order valence-corrected chi connectivity index (χ4v) is 21.4. The Morgan fingerprint density at radius 3 is 1.49 bits per heavy atom. The molecule has 11 aromatic rings. The van der Waals surface area contributed by atoms with Crippen molar-refractivity contribution in [3.05, 3.63) is 263 Å². The zero-order valence-corrected chi connectivity index (χ0v) is 62.1. The van der Waals surface area contributed by atoms with Crippen LogP contribution in [0.2, 0.25) is 0 Å². The van der Waals surface area contributed by atoms with E-state index in [1.54, 1.807) is 5.56 Å². The summed E-state index contributed by atoms with van der Waals surface area (Å²) in [4.78, 5) is 10.7. The molecule has 0 radical (unpaired) electrons. The quantitative estimate of drug-likeness (QED) is 0.134. The molecular weight excluding hydrogens is 1230 g/mol. The summed E-state index contributed by atoms with van der Waals surface area (Å²) in [5.41, 5.74) is 33.3. The SMILES string of the molecule is CC(C)(C)c1ccc(N2c3ccc(C(C)(C)C)cc3B3c4cc(C56CC7CC(CC(C7)C5)C6)ccc4N(c4cc(C(C)(C)C)cc(C(C)(C)Cc5cc6c(c7ccccc57)N(c5ccccc5)c5cc(C7CCCCC7)cc7c5B6c5ccccc5N7c5ccccc5)c4)c4cccc2c43)cc1. The highest BCUT2D eigenvalue weighted by atomic mass is 15.2. The Bertz CT molecular complexity index is 5140. The Kier molecular flexibility index (Phi) is 14.6. The molecule has 4 bridgehead atoms. The van der Waals surface area contributed by atoms with Crippen LogP contribution in [-0.2, 0) is 33.5 Å². The lowest BCUT2D eigenvalue weighted by atomic mass is 9.33. The highest BCUT2D eigenvalue weighted by Crippen LogP contribution is 2.61.